The van der Waals surface area contributed by atoms with Crippen molar-refractivity contribution in [1.82, 2.24) is 9.78 Å². The van der Waals surface area contributed by atoms with Gasteiger partial charge in [-0.15, -0.1) is 0 Å². The summed E-state index contributed by atoms with van der Waals surface area (Å²) in [7, 11) is 0. The molecule has 0 fully saturated rings. The molecule has 6 heteroatoms. The van der Waals surface area contributed by atoms with Crippen LogP contribution in [0.15, 0.2) is 30.3 Å². The molecule has 100 valence electrons. The average molecular weight is 260 g/mol. The first-order valence-electron chi connectivity index (χ1n) is 6.11. The lowest BCUT2D eigenvalue weighted by atomic mass is 10.1. The molecule has 1 heterocycles. The van der Waals surface area contributed by atoms with Gasteiger partial charge in [0.2, 0.25) is 5.82 Å². The van der Waals surface area contributed by atoms with Gasteiger partial charge in [0.25, 0.3) is 0 Å². The van der Waals surface area contributed by atoms with Gasteiger partial charge in [-0.3, -0.25) is 10.1 Å². The number of benzene rings is 1. The molecule has 2 aromatic rings. The number of nitrogens with two attached hydrogens (primary N) is 1. The van der Waals surface area contributed by atoms with Gasteiger partial charge in [-0.05, 0) is 25.3 Å². The highest BCUT2D eigenvalue weighted by Gasteiger charge is 2.22. The molecule has 0 aliphatic rings. The van der Waals surface area contributed by atoms with Gasteiger partial charge < -0.3 is 5.73 Å². The molecule has 2 N–H and O–H groups in total. The molecule has 0 spiro atoms. The highest BCUT2D eigenvalue weighted by Crippen LogP contribution is 2.25. The van der Waals surface area contributed by atoms with Gasteiger partial charge in [0.15, 0.2) is 0 Å². The zero-order chi connectivity index (χ0) is 13.8. The summed E-state index contributed by atoms with van der Waals surface area (Å²) >= 11 is 0. The Hall–Kier alpha value is -2.37. The number of aryl methyl sites for hydroxylation is 3. The molecule has 6 nitrogen and oxygen atoms in total. The minimum absolute atomic E-state index is 0.0836. The second-order valence-corrected chi connectivity index (χ2v) is 4.39. The molecule has 0 aliphatic heterocycles. The molecule has 0 bridgehead atoms. The first kappa shape index (κ1) is 13.1. The van der Waals surface area contributed by atoms with Crippen molar-refractivity contribution in [3.05, 3.63) is 51.7 Å². The van der Waals surface area contributed by atoms with Crippen LogP contribution in [0.25, 0.3) is 0 Å². The van der Waals surface area contributed by atoms with E-state index >= 15 is 0 Å². The largest absolute Gasteiger partial charge is 0.378 e. The van der Waals surface area contributed by atoms with Crippen LogP contribution in [0.3, 0.4) is 0 Å². The molecule has 0 aliphatic carbocycles. The molecule has 19 heavy (non-hydrogen) atoms. The fourth-order valence-corrected chi connectivity index (χ4v) is 2.06. The van der Waals surface area contributed by atoms with E-state index in [2.05, 4.69) is 17.2 Å². The van der Waals surface area contributed by atoms with Crippen molar-refractivity contribution >= 4 is 11.5 Å². The first-order chi connectivity index (χ1) is 9.09. The molecule has 0 amide bonds. The second-order valence-electron chi connectivity index (χ2n) is 4.39. The van der Waals surface area contributed by atoms with Gasteiger partial charge in [0.1, 0.15) is 5.69 Å². The van der Waals surface area contributed by atoms with Crippen molar-refractivity contribution in [2.24, 2.45) is 0 Å². The zero-order valence-corrected chi connectivity index (χ0v) is 10.7. The number of hydrogen-bond donors (Lipinski definition) is 1. The van der Waals surface area contributed by atoms with Crippen LogP contribution < -0.4 is 5.73 Å². The maximum absolute atomic E-state index is 10.8. The zero-order valence-electron chi connectivity index (χ0n) is 10.7. The highest BCUT2D eigenvalue weighted by atomic mass is 16.6. The van der Waals surface area contributed by atoms with Gasteiger partial charge in [-0.2, -0.15) is 5.10 Å². The summed E-state index contributed by atoms with van der Waals surface area (Å²) < 4.78 is 1.51. The van der Waals surface area contributed by atoms with Crippen LogP contribution in [0.2, 0.25) is 0 Å². The Labute approximate surface area is 111 Å². The van der Waals surface area contributed by atoms with Crippen molar-refractivity contribution in [2.75, 3.05) is 5.73 Å². The molecular formula is C13H16N4O2. The van der Waals surface area contributed by atoms with Crippen LogP contribution in [0.1, 0.15) is 17.7 Å². The fourth-order valence-electron chi connectivity index (χ4n) is 2.06. The van der Waals surface area contributed by atoms with Gasteiger partial charge >= 0.3 is 5.69 Å². The number of rotatable bonds is 5. The van der Waals surface area contributed by atoms with Crippen LogP contribution in [-0.4, -0.2) is 14.7 Å². The lowest BCUT2D eigenvalue weighted by molar-refractivity contribution is -0.384. The van der Waals surface area contributed by atoms with Gasteiger partial charge in [0, 0.05) is 6.54 Å². The monoisotopic (exact) mass is 260 g/mol. The molecular weight excluding hydrogens is 244 g/mol. The maximum Gasteiger partial charge on any atom is 0.333 e. The van der Waals surface area contributed by atoms with Crippen molar-refractivity contribution in [3.8, 4) is 0 Å². The predicted molar refractivity (Wildman–Crippen MR) is 72.8 cm³/mol. The van der Waals surface area contributed by atoms with Crippen LogP contribution >= 0.6 is 0 Å². The third-order valence-electron chi connectivity index (χ3n) is 2.99. The Kier molecular flexibility index (Phi) is 3.79. The minimum atomic E-state index is -0.481. The lowest BCUT2D eigenvalue weighted by Gasteiger charge is -2.03. The van der Waals surface area contributed by atoms with Gasteiger partial charge in [-0.1, -0.05) is 30.3 Å². The molecule has 1 aromatic heterocycles. The van der Waals surface area contributed by atoms with E-state index in [1.165, 1.54) is 10.2 Å². The number of anilines is 1. The van der Waals surface area contributed by atoms with Crippen LogP contribution in [0.5, 0.6) is 0 Å². The molecule has 0 unspecified atom stereocenters. The Morgan fingerprint density at radius 3 is 2.63 bits per heavy atom. The SMILES string of the molecule is Cc1nn(CCCc2ccccc2)c(N)c1[N+](=O)[O-]. The predicted octanol–water partition coefficient (Wildman–Crippen LogP) is 2.31. The van der Waals surface area contributed by atoms with E-state index in [4.69, 9.17) is 5.73 Å². The topological polar surface area (TPSA) is 87.0 Å². The quantitative estimate of drug-likeness (QED) is 0.660. The number of hydrogen-bond acceptors (Lipinski definition) is 4. The maximum atomic E-state index is 10.8. The highest BCUT2D eigenvalue weighted by molar-refractivity contribution is 5.55. The van der Waals surface area contributed by atoms with Crippen molar-refractivity contribution < 1.29 is 4.92 Å². The number of nitro groups is 1. The molecule has 0 saturated carbocycles. The van der Waals surface area contributed by atoms with E-state index in [9.17, 15) is 10.1 Å². The Balaban J connectivity index is 2.01. The van der Waals surface area contributed by atoms with E-state index in [1.54, 1.807) is 6.92 Å². The number of nitrogen functional groups attached to an aromatic ring is 1. The Bertz CT molecular complexity index is 578. The van der Waals surface area contributed by atoms with Gasteiger partial charge in [-0.25, -0.2) is 4.68 Å². The van der Waals surface area contributed by atoms with E-state index in [1.807, 2.05) is 18.2 Å². The first-order valence-corrected chi connectivity index (χ1v) is 6.11. The van der Waals surface area contributed by atoms with Crippen molar-refractivity contribution in [3.63, 3.8) is 0 Å². The summed E-state index contributed by atoms with van der Waals surface area (Å²) in [4.78, 5) is 10.3. The normalized spacial score (nSPS) is 10.6. The number of nitrogens with zero attached hydrogens (tertiary/aromatic N) is 3. The van der Waals surface area contributed by atoms with E-state index in [-0.39, 0.29) is 11.5 Å². The standard InChI is InChI=1S/C13H16N4O2/c1-10-12(17(18)19)13(14)16(15-10)9-5-8-11-6-3-2-4-7-11/h2-4,6-7H,5,8-9,14H2,1H3. The minimum Gasteiger partial charge on any atom is -0.378 e. The van der Waals surface area contributed by atoms with Crippen molar-refractivity contribution in [1.29, 1.82) is 0 Å². The molecule has 2 rings (SSSR count). The van der Waals surface area contributed by atoms with Gasteiger partial charge in [0.05, 0.1) is 4.92 Å². The van der Waals surface area contributed by atoms with E-state index in [0.29, 0.717) is 12.2 Å². The van der Waals surface area contributed by atoms with E-state index in [0.717, 1.165) is 12.8 Å². The summed E-state index contributed by atoms with van der Waals surface area (Å²) in [6.07, 6.45) is 1.74. The molecule has 0 atom stereocenters. The van der Waals surface area contributed by atoms with Crippen LogP contribution in [0, 0.1) is 17.0 Å². The Morgan fingerprint density at radius 1 is 1.37 bits per heavy atom. The average Bonchev–Trinajstić information content (AvgIpc) is 2.66. The summed E-state index contributed by atoms with van der Waals surface area (Å²) in [6, 6.07) is 10.1. The number of aromatic nitrogens is 2. The van der Waals surface area contributed by atoms with Crippen LogP contribution in [0.4, 0.5) is 11.5 Å². The Morgan fingerprint density at radius 2 is 2.05 bits per heavy atom. The smallest absolute Gasteiger partial charge is 0.333 e. The summed E-state index contributed by atoms with van der Waals surface area (Å²) in [5, 5.41) is 14.9. The summed E-state index contributed by atoms with van der Waals surface area (Å²) in [6.45, 7) is 2.18. The van der Waals surface area contributed by atoms with E-state index < -0.39 is 4.92 Å². The third kappa shape index (κ3) is 2.90. The fraction of sp³-hybridized carbons (Fsp3) is 0.308. The molecule has 1 aromatic carbocycles. The summed E-state index contributed by atoms with van der Waals surface area (Å²) in [5.41, 5.74) is 7.26. The van der Waals surface area contributed by atoms with Crippen molar-refractivity contribution in [2.45, 2.75) is 26.3 Å². The molecule has 0 radical (unpaired) electrons. The molecule has 0 saturated heterocycles. The lowest BCUT2D eigenvalue weighted by Crippen LogP contribution is -2.06. The third-order valence-corrected chi connectivity index (χ3v) is 2.99. The van der Waals surface area contributed by atoms with Crippen LogP contribution in [-0.2, 0) is 13.0 Å². The summed E-state index contributed by atoms with van der Waals surface area (Å²) in [5.74, 6) is 0.135. The second kappa shape index (κ2) is 5.51.